The van der Waals surface area contributed by atoms with E-state index in [2.05, 4.69) is 0 Å². The topological polar surface area (TPSA) is 121 Å². The van der Waals surface area contributed by atoms with Crippen LogP contribution in [-0.4, -0.2) is 30.6 Å². The lowest BCUT2D eigenvalue weighted by Gasteiger charge is -2.14. The molecule has 0 saturated heterocycles. The van der Waals surface area contributed by atoms with Crippen molar-refractivity contribution in [2.75, 3.05) is 0 Å². The van der Waals surface area contributed by atoms with E-state index in [0.717, 1.165) is 0 Å². The molecule has 2 aromatic carbocycles. The Morgan fingerprint density at radius 1 is 0.667 bits per heavy atom. The predicted molar refractivity (Wildman–Crippen MR) is 73.4 cm³/mol. The summed E-state index contributed by atoms with van der Waals surface area (Å²) in [5.74, 6) is -0.552. The fourth-order valence-corrected chi connectivity index (χ4v) is 2.13. The second-order valence-electron chi connectivity index (χ2n) is 4.63. The molecule has 0 heterocycles. The summed E-state index contributed by atoms with van der Waals surface area (Å²) < 4.78 is 0. The normalized spacial score (nSPS) is 11.3. The van der Waals surface area contributed by atoms with Crippen LogP contribution in [0.3, 0.4) is 0 Å². The number of phenols is 2. The molecule has 0 aliphatic heterocycles. The Morgan fingerprint density at radius 2 is 1.05 bits per heavy atom. The van der Waals surface area contributed by atoms with Crippen molar-refractivity contribution in [2.45, 2.75) is 19.0 Å². The maximum Gasteiger partial charge on any atom is 0.182 e. The quantitative estimate of drug-likeness (QED) is 0.460. The molecule has 2 aromatic rings. The van der Waals surface area contributed by atoms with Gasteiger partial charge >= 0.3 is 0 Å². The molecule has 0 amide bonds. The predicted octanol–water partition coefficient (Wildman–Crippen LogP) is 0.655. The second-order valence-corrected chi connectivity index (χ2v) is 4.63. The Kier molecular flexibility index (Phi) is 4.44. The van der Waals surface area contributed by atoms with Crippen molar-refractivity contribution in [1.82, 2.24) is 0 Å². The van der Waals surface area contributed by atoms with Crippen molar-refractivity contribution in [3.05, 3.63) is 58.7 Å². The second kappa shape index (κ2) is 6.11. The molecule has 0 atom stereocenters. The largest absolute Gasteiger partial charge is 0.507 e. The van der Waals surface area contributed by atoms with E-state index in [4.69, 9.17) is 20.4 Å². The van der Waals surface area contributed by atoms with Crippen LogP contribution in [0.15, 0.2) is 36.4 Å². The molecule has 6 nitrogen and oxygen atoms in total. The highest BCUT2D eigenvalue weighted by Crippen LogP contribution is 2.33. The molecule has 0 unspecified atom stereocenters. The average Bonchev–Trinajstić information content (AvgIpc) is 2.42. The van der Waals surface area contributed by atoms with Crippen LogP contribution < -0.4 is 0 Å². The van der Waals surface area contributed by atoms with E-state index in [1.807, 2.05) is 0 Å². The number of aromatic hydroxyl groups is 2. The van der Waals surface area contributed by atoms with Crippen molar-refractivity contribution < 1.29 is 30.6 Å². The number of hydrogen-bond donors (Lipinski definition) is 6. The van der Waals surface area contributed by atoms with Gasteiger partial charge in [-0.2, -0.15) is 0 Å². The molecule has 112 valence electrons. The van der Waals surface area contributed by atoms with Gasteiger partial charge in [0.2, 0.25) is 0 Å². The zero-order chi connectivity index (χ0) is 15.6. The van der Waals surface area contributed by atoms with Crippen LogP contribution in [0.4, 0.5) is 0 Å². The SMILES string of the molecule is Oc1c(Cc2cccc(C(O)O)c2O)cccc1C(O)O. The van der Waals surface area contributed by atoms with Crippen molar-refractivity contribution in [3.8, 4) is 11.5 Å². The van der Waals surface area contributed by atoms with Crippen molar-refractivity contribution in [3.63, 3.8) is 0 Å². The maximum absolute atomic E-state index is 9.99. The number of aliphatic hydroxyl groups excluding tert-OH is 2. The molecule has 0 aliphatic carbocycles. The summed E-state index contributed by atoms with van der Waals surface area (Å²) in [7, 11) is 0. The van der Waals surface area contributed by atoms with E-state index in [-0.39, 0.29) is 29.0 Å². The summed E-state index contributed by atoms with van der Waals surface area (Å²) in [6, 6.07) is 8.98. The van der Waals surface area contributed by atoms with Crippen LogP contribution >= 0.6 is 0 Å². The molecule has 0 fully saturated rings. The summed E-state index contributed by atoms with van der Waals surface area (Å²) in [5.41, 5.74) is 0.677. The summed E-state index contributed by atoms with van der Waals surface area (Å²) in [5, 5.41) is 56.6. The van der Waals surface area contributed by atoms with Gasteiger partial charge in [0.25, 0.3) is 0 Å². The van der Waals surface area contributed by atoms with E-state index in [0.29, 0.717) is 11.1 Å². The lowest BCUT2D eigenvalue weighted by Crippen LogP contribution is -2.00. The highest BCUT2D eigenvalue weighted by atomic mass is 16.5. The van der Waals surface area contributed by atoms with Crippen LogP contribution in [0.1, 0.15) is 34.8 Å². The summed E-state index contributed by atoms with van der Waals surface area (Å²) in [6.45, 7) is 0. The van der Waals surface area contributed by atoms with Gasteiger partial charge in [-0.15, -0.1) is 0 Å². The Morgan fingerprint density at radius 3 is 1.38 bits per heavy atom. The molecule has 0 aliphatic rings. The molecule has 21 heavy (non-hydrogen) atoms. The van der Waals surface area contributed by atoms with E-state index in [9.17, 15) is 10.2 Å². The molecule has 2 rings (SSSR count). The summed E-state index contributed by atoms with van der Waals surface area (Å²) in [4.78, 5) is 0. The fourth-order valence-electron chi connectivity index (χ4n) is 2.13. The number of phenolic OH excluding ortho intramolecular Hbond substituents is 2. The third kappa shape index (κ3) is 3.14. The fraction of sp³-hybridized carbons (Fsp3) is 0.200. The third-order valence-electron chi connectivity index (χ3n) is 3.24. The van der Waals surface area contributed by atoms with E-state index in [1.165, 1.54) is 12.1 Å². The molecular formula is C15H16O6. The zero-order valence-electron chi connectivity index (χ0n) is 11.0. The average molecular weight is 292 g/mol. The van der Waals surface area contributed by atoms with Crippen LogP contribution in [0, 0.1) is 0 Å². The molecule has 0 spiro atoms. The van der Waals surface area contributed by atoms with Crippen LogP contribution in [0.2, 0.25) is 0 Å². The number of hydrogen-bond acceptors (Lipinski definition) is 6. The van der Waals surface area contributed by atoms with E-state index < -0.39 is 12.6 Å². The monoisotopic (exact) mass is 292 g/mol. The van der Waals surface area contributed by atoms with Gasteiger partial charge in [0.15, 0.2) is 12.6 Å². The standard InChI is InChI=1S/C15H16O6/c16-12-8(3-1-5-10(12)14(18)19)7-9-4-2-6-11(13(9)17)15(20)21/h1-6,14-21H,7H2. The van der Waals surface area contributed by atoms with Crippen molar-refractivity contribution in [2.24, 2.45) is 0 Å². The van der Waals surface area contributed by atoms with Gasteiger partial charge in [0, 0.05) is 17.5 Å². The van der Waals surface area contributed by atoms with Crippen LogP contribution in [-0.2, 0) is 6.42 Å². The Bertz CT molecular complexity index is 581. The molecular weight excluding hydrogens is 276 g/mol. The van der Waals surface area contributed by atoms with Gasteiger partial charge in [0.1, 0.15) is 11.5 Å². The first kappa shape index (κ1) is 15.3. The molecule has 6 heteroatoms. The number of aliphatic hydroxyl groups is 4. The first-order valence-electron chi connectivity index (χ1n) is 6.25. The Hall–Kier alpha value is -2.12. The minimum Gasteiger partial charge on any atom is -0.507 e. The van der Waals surface area contributed by atoms with Gasteiger partial charge in [0.05, 0.1) is 0 Å². The lowest BCUT2D eigenvalue weighted by molar-refractivity contribution is -0.0445. The lowest BCUT2D eigenvalue weighted by atomic mass is 9.98. The van der Waals surface area contributed by atoms with E-state index in [1.54, 1.807) is 24.3 Å². The number of rotatable bonds is 4. The van der Waals surface area contributed by atoms with Crippen LogP contribution in [0.5, 0.6) is 11.5 Å². The Balaban J connectivity index is 2.40. The third-order valence-corrected chi connectivity index (χ3v) is 3.24. The van der Waals surface area contributed by atoms with Gasteiger partial charge in [-0.1, -0.05) is 36.4 Å². The molecule has 0 aromatic heterocycles. The zero-order valence-corrected chi connectivity index (χ0v) is 11.0. The summed E-state index contributed by atoms with van der Waals surface area (Å²) in [6.07, 6.45) is -3.51. The smallest absolute Gasteiger partial charge is 0.182 e. The number of benzene rings is 2. The van der Waals surface area contributed by atoms with E-state index >= 15 is 0 Å². The first-order chi connectivity index (χ1) is 9.91. The van der Waals surface area contributed by atoms with Crippen molar-refractivity contribution >= 4 is 0 Å². The highest BCUT2D eigenvalue weighted by molar-refractivity contribution is 5.48. The minimum atomic E-state index is -1.80. The minimum absolute atomic E-state index is 0.0367. The molecule has 0 bridgehead atoms. The molecule has 6 N–H and O–H groups in total. The highest BCUT2D eigenvalue weighted by Gasteiger charge is 2.16. The van der Waals surface area contributed by atoms with Crippen molar-refractivity contribution in [1.29, 1.82) is 0 Å². The maximum atomic E-state index is 9.99. The van der Waals surface area contributed by atoms with Gasteiger partial charge in [-0.25, -0.2) is 0 Å². The Labute approximate surface area is 120 Å². The molecule has 0 radical (unpaired) electrons. The first-order valence-corrected chi connectivity index (χ1v) is 6.25. The van der Waals surface area contributed by atoms with Crippen LogP contribution in [0.25, 0.3) is 0 Å². The van der Waals surface area contributed by atoms with Gasteiger partial charge in [-0.05, 0) is 11.1 Å². The molecule has 0 saturated carbocycles. The summed E-state index contributed by atoms with van der Waals surface area (Å²) >= 11 is 0. The van der Waals surface area contributed by atoms with Gasteiger partial charge in [-0.3, -0.25) is 0 Å². The van der Waals surface area contributed by atoms with Gasteiger partial charge < -0.3 is 30.6 Å². The number of para-hydroxylation sites is 2.